The number of nitrogens with zero attached hydrogens (tertiary/aromatic N) is 1. The quantitative estimate of drug-likeness (QED) is 0.219. The predicted molar refractivity (Wildman–Crippen MR) is 148 cm³/mol. The number of ether oxygens (including phenoxy) is 3. The van der Waals surface area contributed by atoms with Gasteiger partial charge in [0.1, 0.15) is 11.5 Å². The molecule has 0 unspecified atom stereocenters. The van der Waals surface area contributed by atoms with Gasteiger partial charge in [-0.25, -0.2) is 4.99 Å². The first-order valence-corrected chi connectivity index (χ1v) is 13.0. The molecule has 2 N–H and O–H groups in total. The van der Waals surface area contributed by atoms with Crippen molar-refractivity contribution in [2.45, 2.75) is 37.2 Å². The zero-order valence-electron chi connectivity index (χ0n) is 22.5. The van der Waals surface area contributed by atoms with Crippen molar-refractivity contribution >= 4 is 11.8 Å². The summed E-state index contributed by atoms with van der Waals surface area (Å²) in [4.78, 5) is 18.7. The van der Waals surface area contributed by atoms with E-state index >= 15 is 0 Å². The molecule has 0 spiro atoms. The molecule has 1 amide bonds. The smallest absolute Gasteiger partial charge is 0.416 e. The largest absolute Gasteiger partial charge is 0.497 e. The molecule has 0 fully saturated rings. The number of nitrogens with one attached hydrogen (secondary N) is 1. The number of hydrogen-bond donors (Lipinski definition) is 2. The number of aliphatic hydroxyl groups is 1. The van der Waals surface area contributed by atoms with Gasteiger partial charge in [0.15, 0.2) is 11.6 Å². The number of amides is 1. The molecular formula is C31H31F3N2O5. The zero-order chi connectivity index (χ0) is 29.5. The number of aliphatic imine (C=N–C) groups is 1. The second-order valence-corrected chi connectivity index (χ2v) is 9.44. The minimum atomic E-state index is -4.50. The highest BCUT2D eigenvalue weighted by molar-refractivity contribution is 6.01. The van der Waals surface area contributed by atoms with Crippen LogP contribution in [0.4, 0.5) is 13.2 Å². The number of alkyl halides is 3. The fraction of sp³-hybridized carbons (Fsp3) is 0.290. The number of rotatable bonds is 12. The van der Waals surface area contributed by atoms with Crippen molar-refractivity contribution in [2.24, 2.45) is 4.99 Å². The molecule has 0 bridgehead atoms. The zero-order valence-corrected chi connectivity index (χ0v) is 22.5. The van der Waals surface area contributed by atoms with Gasteiger partial charge < -0.3 is 24.6 Å². The second-order valence-electron chi connectivity index (χ2n) is 9.44. The number of benzene rings is 3. The number of hydrogen-bond acceptors (Lipinski definition) is 6. The Morgan fingerprint density at radius 2 is 1.88 bits per heavy atom. The summed E-state index contributed by atoms with van der Waals surface area (Å²) in [7, 11) is 1.53. The van der Waals surface area contributed by atoms with Crippen LogP contribution in [-0.2, 0) is 22.3 Å². The van der Waals surface area contributed by atoms with E-state index in [2.05, 4.69) is 11.9 Å². The maximum Gasteiger partial charge on any atom is 0.416 e. The lowest BCUT2D eigenvalue weighted by Gasteiger charge is -2.30. The van der Waals surface area contributed by atoms with E-state index in [0.29, 0.717) is 41.2 Å². The summed E-state index contributed by atoms with van der Waals surface area (Å²) in [6.45, 7) is 4.07. The van der Waals surface area contributed by atoms with Crippen LogP contribution in [-0.4, -0.2) is 42.8 Å². The molecule has 1 aliphatic rings. The maximum atomic E-state index is 13.9. The van der Waals surface area contributed by atoms with Gasteiger partial charge >= 0.3 is 6.18 Å². The lowest BCUT2D eigenvalue weighted by Crippen LogP contribution is -2.47. The molecule has 1 heterocycles. The number of halogens is 3. The van der Waals surface area contributed by atoms with Gasteiger partial charge in [-0.2, -0.15) is 13.2 Å². The molecule has 0 saturated carbocycles. The third-order valence-electron chi connectivity index (χ3n) is 6.59. The molecule has 2 atom stereocenters. The van der Waals surface area contributed by atoms with E-state index in [9.17, 15) is 18.0 Å². The Bertz CT molecular complexity index is 1390. The molecule has 41 heavy (non-hydrogen) atoms. The van der Waals surface area contributed by atoms with Crippen molar-refractivity contribution in [1.29, 1.82) is 0 Å². The number of methoxy groups -OCH3 is 1. The van der Waals surface area contributed by atoms with Crippen molar-refractivity contribution in [1.82, 2.24) is 5.32 Å². The van der Waals surface area contributed by atoms with E-state index < -0.39 is 29.3 Å². The summed E-state index contributed by atoms with van der Waals surface area (Å²) in [5, 5.41) is 11.7. The lowest BCUT2D eigenvalue weighted by molar-refractivity contribution is -0.137. The monoisotopic (exact) mass is 568 g/mol. The SMILES string of the molecule is C=CC[C@@]1(C(=O)NCc2cccc(C(F)(F)F)c2)N=C(c2ccc(OCCCO)cc2)O[C@@H]1c1cccc(OC)c1. The Labute approximate surface area is 236 Å². The van der Waals surface area contributed by atoms with Crippen LogP contribution in [0.1, 0.15) is 41.2 Å². The van der Waals surface area contributed by atoms with Crippen LogP contribution in [0.15, 0.2) is 90.4 Å². The molecule has 0 radical (unpaired) electrons. The minimum Gasteiger partial charge on any atom is -0.497 e. The van der Waals surface area contributed by atoms with Crippen molar-refractivity contribution < 1.29 is 37.3 Å². The van der Waals surface area contributed by atoms with Gasteiger partial charge in [0.05, 0.1) is 19.3 Å². The van der Waals surface area contributed by atoms with Crippen LogP contribution in [0.5, 0.6) is 11.5 Å². The summed E-state index contributed by atoms with van der Waals surface area (Å²) in [6, 6.07) is 18.8. The summed E-state index contributed by atoms with van der Waals surface area (Å²) in [6.07, 6.45) is -3.23. The summed E-state index contributed by atoms with van der Waals surface area (Å²) in [5.74, 6) is 0.847. The normalized spacial score (nSPS) is 18.3. The number of aliphatic hydroxyl groups excluding tert-OH is 1. The van der Waals surface area contributed by atoms with Crippen molar-refractivity contribution in [3.8, 4) is 11.5 Å². The van der Waals surface area contributed by atoms with Gasteiger partial charge in [-0.15, -0.1) is 6.58 Å². The standard InChI is InChI=1S/C31H31F3N2O5/c1-3-15-30(29(38)35-20-21-7-4-9-24(18-21)31(32,33)34)27(23-8-5-10-26(19-23)39-2)41-28(36-30)22-11-13-25(14-12-22)40-17-6-16-37/h3-5,7-14,18-19,27,37H,1,6,15-17,20H2,2H3,(H,35,38)/t27-,30-/m1/s1. The topological polar surface area (TPSA) is 89.4 Å². The van der Waals surface area contributed by atoms with Crippen LogP contribution in [0.25, 0.3) is 0 Å². The molecule has 216 valence electrons. The molecule has 0 aromatic heterocycles. The highest BCUT2D eigenvalue weighted by Crippen LogP contribution is 2.43. The van der Waals surface area contributed by atoms with E-state index in [4.69, 9.17) is 24.3 Å². The lowest BCUT2D eigenvalue weighted by atomic mass is 9.84. The van der Waals surface area contributed by atoms with Crippen molar-refractivity contribution in [2.75, 3.05) is 20.3 Å². The minimum absolute atomic E-state index is 0.0234. The van der Waals surface area contributed by atoms with Crippen LogP contribution in [0, 0.1) is 0 Å². The molecule has 1 aliphatic heterocycles. The fourth-order valence-electron chi connectivity index (χ4n) is 4.53. The first-order chi connectivity index (χ1) is 19.7. The first kappa shape index (κ1) is 29.7. The average Bonchev–Trinajstić information content (AvgIpc) is 3.37. The summed E-state index contributed by atoms with van der Waals surface area (Å²) < 4.78 is 57.0. The van der Waals surface area contributed by atoms with Gasteiger partial charge in [-0.3, -0.25) is 4.79 Å². The predicted octanol–water partition coefficient (Wildman–Crippen LogP) is 5.62. The van der Waals surface area contributed by atoms with Gasteiger partial charge in [-0.05, 0) is 59.7 Å². The van der Waals surface area contributed by atoms with E-state index in [-0.39, 0.29) is 25.5 Å². The highest BCUT2D eigenvalue weighted by Gasteiger charge is 2.52. The molecule has 10 heteroatoms. The maximum absolute atomic E-state index is 13.9. The number of carbonyl (C=O) groups is 1. The highest BCUT2D eigenvalue weighted by atomic mass is 19.4. The number of carbonyl (C=O) groups excluding carboxylic acids is 1. The first-order valence-electron chi connectivity index (χ1n) is 13.0. The molecular weight excluding hydrogens is 537 g/mol. The van der Waals surface area contributed by atoms with Gasteiger partial charge in [-0.1, -0.05) is 30.3 Å². The van der Waals surface area contributed by atoms with Crippen LogP contribution >= 0.6 is 0 Å². The van der Waals surface area contributed by atoms with Gasteiger partial charge in [0.25, 0.3) is 5.91 Å². The fourth-order valence-corrected chi connectivity index (χ4v) is 4.53. The molecule has 4 rings (SSSR count). The molecule has 3 aromatic rings. The summed E-state index contributed by atoms with van der Waals surface area (Å²) >= 11 is 0. The van der Waals surface area contributed by atoms with Crippen LogP contribution in [0.3, 0.4) is 0 Å². The molecule has 0 aliphatic carbocycles. The Morgan fingerprint density at radius 1 is 1.12 bits per heavy atom. The molecule has 7 nitrogen and oxygen atoms in total. The van der Waals surface area contributed by atoms with Crippen molar-refractivity contribution in [3.05, 3.63) is 108 Å². The van der Waals surface area contributed by atoms with E-state index in [0.717, 1.165) is 12.1 Å². The van der Waals surface area contributed by atoms with Crippen LogP contribution < -0.4 is 14.8 Å². The van der Waals surface area contributed by atoms with Crippen molar-refractivity contribution in [3.63, 3.8) is 0 Å². The summed E-state index contributed by atoms with van der Waals surface area (Å²) in [5.41, 5.74) is -0.777. The molecule has 0 saturated heterocycles. The van der Waals surface area contributed by atoms with Crippen LogP contribution in [0.2, 0.25) is 0 Å². The van der Waals surface area contributed by atoms with E-state index in [1.165, 1.54) is 19.2 Å². The average molecular weight is 569 g/mol. The third-order valence-corrected chi connectivity index (χ3v) is 6.59. The van der Waals surface area contributed by atoms with E-state index in [1.807, 2.05) is 0 Å². The Morgan fingerprint density at radius 3 is 2.56 bits per heavy atom. The van der Waals surface area contributed by atoms with Gasteiger partial charge in [0.2, 0.25) is 5.90 Å². The Kier molecular flexibility index (Phi) is 9.34. The third kappa shape index (κ3) is 6.89. The van der Waals surface area contributed by atoms with Gasteiger partial charge in [0, 0.05) is 31.6 Å². The second kappa shape index (κ2) is 12.9. The molecule has 3 aromatic carbocycles. The van der Waals surface area contributed by atoms with E-state index in [1.54, 1.807) is 54.6 Å². The Hall–Kier alpha value is -4.31. The Balaban J connectivity index is 1.67.